The van der Waals surface area contributed by atoms with E-state index in [1.165, 1.54) is 25.3 Å². The maximum Gasteiger partial charge on any atom is 0.295 e. The largest absolute Gasteiger partial charge is 0.495 e. The van der Waals surface area contributed by atoms with Crippen LogP contribution < -0.4 is 14.9 Å². The van der Waals surface area contributed by atoms with Gasteiger partial charge in [0.2, 0.25) is 0 Å². The van der Waals surface area contributed by atoms with E-state index in [1.807, 2.05) is 0 Å². The van der Waals surface area contributed by atoms with Crippen LogP contribution >= 0.6 is 0 Å². The number of anilines is 2. The molecule has 1 aromatic heterocycles. The number of pyridine rings is 1. The maximum atomic E-state index is 12.8. The summed E-state index contributed by atoms with van der Waals surface area (Å²) in [5, 5.41) is 15.7. The molecule has 160 valence electrons. The second kappa shape index (κ2) is 9.22. The van der Waals surface area contributed by atoms with Gasteiger partial charge in [-0.25, -0.2) is 8.42 Å². The Morgan fingerprint density at radius 1 is 1.10 bits per heavy atom. The number of nitro groups is 1. The topological polar surface area (TPSA) is 136 Å². The number of hydrazone groups is 1. The summed E-state index contributed by atoms with van der Waals surface area (Å²) in [5.41, 5.74) is 3.82. The van der Waals surface area contributed by atoms with Crippen molar-refractivity contribution in [3.8, 4) is 5.75 Å². The summed E-state index contributed by atoms with van der Waals surface area (Å²) >= 11 is 0. The molecule has 0 bridgehead atoms. The average molecular weight is 441 g/mol. The van der Waals surface area contributed by atoms with Crippen LogP contribution in [-0.4, -0.2) is 31.1 Å². The minimum Gasteiger partial charge on any atom is -0.495 e. The third-order valence-electron chi connectivity index (χ3n) is 4.27. The lowest BCUT2D eigenvalue weighted by Crippen LogP contribution is -2.14. The fourth-order valence-electron chi connectivity index (χ4n) is 2.66. The molecule has 2 N–H and O–H groups in total. The highest BCUT2D eigenvalue weighted by Crippen LogP contribution is 2.30. The second-order valence-electron chi connectivity index (χ2n) is 6.29. The Balaban J connectivity index is 1.90. The molecule has 3 aromatic rings. The van der Waals surface area contributed by atoms with E-state index < -0.39 is 20.6 Å². The number of nitrogens with zero attached hydrogens (tertiary/aromatic N) is 3. The molecule has 0 radical (unpaired) electrons. The van der Waals surface area contributed by atoms with Gasteiger partial charge in [-0.15, -0.1) is 0 Å². The highest BCUT2D eigenvalue weighted by Gasteiger charge is 2.22. The zero-order chi connectivity index (χ0) is 22.4. The molecular formula is C20H19N5O5S. The Bertz CT molecular complexity index is 1230. The lowest BCUT2D eigenvalue weighted by molar-refractivity contribution is -0.384. The first kappa shape index (κ1) is 21.7. The first-order valence-electron chi connectivity index (χ1n) is 8.97. The fourth-order valence-corrected chi connectivity index (χ4v) is 3.75. The van der Waals surface area contributed by atoms with Crippen LogP contribution in [0.15, 0.2) is 77.0 Å². The fraction of sp³-hybridized carbons (Fsp3) is 0.100. The van der Waals surface area contributed by atoms with Crippen LogP contribution in [0.3, 0.4) is 0 Å². The Hall–Kier alpha value is -3.99. The standard InChI is InChI=1S/C20H19N5O5S/c1-14(15-9-11-21-12-10-15)22-23-17-8-7-16(13-19(17)25(26)27)31(28,29)24-18-5-3-4-6-20(18)30-2/h3-13,23-24H,1-2H3. The van der Waals surface area contributed by atoms with Gasteiger partial charge in [-0.2, -0.15) is 5.10 Å². The summed E-state index contributed by atoms with van der Waals surface area (Å²) in [6.07, 6.45) is 3.20. The first-order valence-corrected chi connectivity index (χ1v) is 10.4. The normalized spacial score (nSPS) is 11.6. The SMILES string of the molecule is COc1ccccc1NS(=O)(=O)c1ccc(NN=C(C)c2ccncc2)c([N+](=O)[O-])c1. The van der Waals surface area contributed by atoms with Crippen LogP contribution in [0.2, 0.25) is 0 Å². The zero-order valence-corrected chi connectivity index (χ0v) is 17.5. The van der Waals surface area contributed by atoms with E-state index in [0.29, 0.717) is 11.5 Å². The Kier molecular flexibility index (Phi) is 6.46. The van der Waals surface area contributed by atoms with Gasteiger partial charge in [0.05, 0.1) is 28.3 Å². The van der Waals surface area contributed by atoms with Crippen molar-refractivity contribution in [1.82, 2.24) is 4.98 Å². The summed E-state index contributed by atoms with van der Waals surface area (Å²) in [5.74, 6) is 0.319. The quantitative estimate of drug-likeness (QED) is 0.309. The molecule has 0 atom stereocenters. The van der Waals surface area contributed by atoms with Gasteiger partial charge in [0, 0.05) is 24.0 Å². The van der Waals surface area contributed by atoms with Gasteiger partial charge in [-0.1, -0.05) is 12.1 Å². The van der Waals surface area contributed by atoms with Crippen molar-refractivity contribution in [2.45, 2.75) is 11.8 Å². The van der Waals surface area contributed by atoms with Crippen LogP contribution in [0.5, 0.6) is 5.75 Å². The molecule has 0 aliphatic heterocycles. The Labute approximate surface area is 178 Å². The lowest BCUT2D eigenvalue weighted by atomic mass is 10.2. The second-order valence-corrected chi connectivity index (χ2v) is 7.97. The molecule has 0 aliphatic rings. The third kappa shape index (κ3) is 5.14. The smallest absolute Gasteiger partial charge is 0.295 e. The molecule has 0 spiro atoms. The molecule has 10 nitrogen and oxygen atoms in total. The molecule has 3 rings (SSSR count). The van der Waals surface area contributed by atoms with Crippen molar-refractivity contribution in [3.05, 3.63) is 82.7 Å². The number of hydrogen-bond donors (Lipinski definition) is 2. The third-order valence-corrected chi connectivity index (χ3v) is 5.63. The summed E-state index contributed by atoms with van der Waals surface area (Å²) in [6, 6.07) is 13.4. The van der Waals surface area contributed by atoms with E-state index in [4.69, 9.17) is 4.74 Å². The molecule has 2 aromatic carbocycles. The Morgan fingerprint density at radius 3 is 2.48 bits per heavy atom. The number of sulfonamides is 1. The number of aromatic nitrogens is 1. The van der Waals surface area contributed by atoms with Gasteiger partial charge < -0.3 is 4.74 Å². The molecule has 0 fully saturated rings. The van der Waals surface area contributed by atoms with Gasteiger partial charge in [0.15, 0.2) is 0 Å². The van der Waals surface area contributed by atoms with E-state index in [-0.39, 0.29) is 16.3 Å². The predicted molar refractivity (Wildman–Crippen MR) is 117 cm³/mol. The highest BCUT2D eigenvalue weighted by atomic mass is 32.2. The maximum absolute atomic E-state index is 12.8. The molecular weight excluding hydrogens is 422 g/mol. The van der Waals surface area contributed by atoms with Crippen LogP contribution in [0.4, 0.5) is 17.1 Å². The summed E-state index contributed by atoms with van der Waals surface area (Å²) in [4.78, 5) is 14.5. The molecule has 0 aliphatic carbocycles. The van der Waals surface area contributed by atoms with Gasteiger partial charge >= 0.3 is 0 Å². The van der Waals surface area contributed by atoms with Crippen molar-refractivity contribution in [3.63, 3.8) is 0 Å². The number of para-hydroxylation sites is 2. The van der Waals surface area contributed by atoms with Crippen LogP contribution in [0, 0.1) is 10.1 Å². The van der Waals surface area contributed by atoms with E-state index in [2.05, 4.69) is 20.2 Å². The lowest BCUT2D eigenvalue weighted by Gasteiger charge is -2.12. The van der Waals surface area contributed by atoms with Gasteiger partial charge in [0.25, 0.3) is 15.7 Å². The number of benzene rings is 2. The predicted octanol–water partition coefficient (Wildman–Crippen LogP) is 3.64. The van der Waals surface area contributed by atoms with E-state index >= 15 is 0 Å². The van der Waals surface area contributed by atoms with Crippen molar-refractivity contribution < 1.29 is 18.1 Å². The minimum absolute atomic E-state index is 0.0506. The monoisotopic (exact) mass is 441 g/mol. The van der Waals surface area contributed by atoms with E-state index in [0.717, 1.165) is 11.6 Å². The number of hydrogen-bond acceptors (Lipinski definition) is 8. The molecule has 0 saturated heterocycles. The van der Waals surface area contributed by atoms with Crippen molar-refractivity contribution in [2.24, 2.45) is 5.10 Å². The number of nitrogens with one attached hydrogen (secondary N) is 2. The van der Waals surface area contributed by atoms with E-state index in [9.17, 15) is 18.5 Å². The molecule has 11 heteroatoms. The Morgan fingerprint density at radius 2 is 1.81 bits per heavy atom. The zero-order valence-electron chi connectivity index (χ0n) is 16.6. The average Bonchev–Trinajstić information content (AvgIpc) is 2.78. The highest BCUT2D eigenvalue weighted by molar-refractivity contribution is 7.92. The number of methoxy groups -OCH3 is 1. The molecule has 31 heavy (non-hydrogen) atoms. The van der Waals surface area contributed by atoms with Crippen molar-refractivity contribution >= 4 is 32.8 Å². The number of ether oxygens (including phenoxy) is 1. The van der Waals surface area contributed by atoms with Gasteiger partial charge in [-0.05, 0) is 43.3 Å². The minimum atomic E-state index is -4.10. The summed E-state index contributed by atoms with van der Waals surface area (Å²) in [6.45, 7) is 1.73. The molecule has 0 unspecified atom stereocenters. The van der Waals surface area contributed by atoms with Gasteiger partial charge in [-0.3, -0.25) is 25.2 Å². The van der Waals surface area contributed by atoms with Crippen LogP contribution in [-0.2, 0) is 10.0 Å². The van der Waals surface area contributed by atoms with Gasteiger partial charge in [0.1, 0.15) is 11.4 Å². The molecule has 1 heterocycles. The van der Waals surface area contributed by atoms with Crippen LogP contribution in [0.25, 0.3) is 0 Å². The van der Waals surface area contributed by atoms with Crippen molar-refractivity contribution in [2.75, 3.05) is 17.3 Å². The molecule has 0 saturated carbocycles. The summed E-state index contributed by atoms with van der Waals surface area (Å²) < 4.78 is 33.0. The van der Waals surface area contributed by atoms with Crippen LogP contribution in [0.1, 0.15) is 12.5 Å². The summed E-state index contributed by atoms with van der Waals surface area (Å²) in [7, 11) is -2.69. The number of nitro benzene ring substituents is 1. The molecule has 0 amide bonds. The number of rotatable bonds is 8. The van der Waals surface area contributed by atoms with Crippen molar-refractivity contribution in [1.29, 1.82) is 0 Å². The first-order chi connectivity index (χ1) is 14.8. The van der Waals surface area contributed by atoms with E-state index in [1.54, 1.807) is 49.6 Å².